The normalized spacial score (nSPS) is 9.85. The minimum Gasteiger partial charge on any atom is -0.343 e. The molecule has 0 saturated carbocycles. The molecule has 0 aliphatic carbocycles. The predicted octanol–water partition coefficient (Wildman–Crippen LogP) is 1.85. The van der Waals surface area contributed by atoms with Gasteiger partial charge in [0.25, 0.3) is 5.91 Å². The number of hydrogen-bond acceptors (Lipinski definition) is 2. The van der Waals surface area contributed by atoms with Gasteiger partial charge in [0.05, 0.1) is 0 Å². The molecule has 13 heavy (non-hydrogen) atoms. The number of carbonyl (C=O) groups excluding carboxylic acids is 1. The molecule has 0 spiro atoms. The number of rotatable bonds is 1. The molecule has 3 nitrogen and oxygen atoms in total. The largest absolute Gasteiger partial charge is 0.343 e. The fraction of sp³-hybridized carbons (Fsp3) is 0.333. The Morgan fingerprint density at radius 2 is 2.15 bits per heavy atom. The van der Waals surface area contributed by atoms with Crippen molar-refractivity contribution in [1.82, 2.24) is 9.88 Å². The molecule has 0 aliphatic heterocycles. The number of hydrogen-bond donors (Lipinski definition) is 0. The molecule has 0 saturated heterocycles. The van der Waals surface area contributed by atoms with Crippen LogP contribution < -0.4 is 0 Å². The summed E-state index contributed by atoms with van der Waals surface area (Å²) in [6.45, 7) is 1.93. The first-order chi connectivity index (χ1) is 6.02. The van der Waals surface area contributed by atoms with E-state index in [4.69, 9.17) is 0 Å². The van der Waals surface area contributed by atoms with Crippen LogP contribution in [0.15, 0.2) is 16.7 Å². The second-order valence-electron chi connectivity index (χ2n) is 3.04. The Kier molecular flexibility index (Phi) is 3.03. The summed E-state index contributed by atoms with van der Waals surface area (Å²) >= 11 is 3.31. The number of halogens is 1. The van der Waals surface area contributed by atoms with Crippen molar-refractivity contribution in [2.45, 2.75) is 6.92 Å². The maximum absolute atomic E-state index is 11.5. The zero-order chi connectivity index (χ0) is 10.0. The van der Waals surface area contributed by atoms with E-state index in [1.54, 1.807) is 20.3 Å². The van der Waals surface area contributed by atoms with Gasteiger partial charge in [0.15, 0.2) is 0 Å². The Hall–Kier alpha value is -0.900. The minimum atomic E-state index is -0.0909. The number of aryl methyl sites for hydroxylation is 1. The van der Waals surface area contributed by atoms with Gasteiger partial charge in [-0.15, -0.1) is 0 Å². The number of amides is 1. The summed E-state index contributed by atoms with van der Waals surface area (Å²) in [4.78, 5) is 17.1. The van der Waals surface area contributed by atoms with Crippen LogP contribution in [-0.4, -0.2) is 29.9 Å². The summed E-state index contributed by atoms with van der Waals surface area (Å²) in [7, 11) is 3.41. The van der Waals surface area contributed by atoms with Crippen LogP contribution >= 0.6 is 15.9 Å². The van der Waals surface area contributed by atoms with E-state index in [1.807, 2.05) is 13.0 Å². The van der Waals surface area contributed by atoms with Gasteiger partial charge in [0.2, 0.25) is 0 Å². The SMILES string of the molecule is Cc1cnc(C(=O)N(C)C)c(Br)c1. The number of pyridine rings is 1. The molecule has 0 aromatic carbocycles. The molecule has 1 aromatic rings. The minimum absolute atomic E-state index is 0.0909. The lowest BCUT2D eigenvalue weighted by molar-refractivity contribution is 0.0821. The maximum atomic E-state index is 11.5. The highest BCUT2D eigenvalue weighted by molar-refractivity contribution is 9.10. The lowest BCUT2D eigenvalue weighted by Crippen LogP contribution is -2.23. The van der Waals surface area contributed by atoms with E-state index in [1.165, 1.54) is 4.90 Å². The molecule has 0 fully saturated rings. The molecule has 0 atom stereocenters. The second-order valence-corrected chi connectivity index (χ2v) is 3.90. The van der Waals surface area contributed by atoms with Crippen molar-refractivity contribution >= 4 is 21.8 Å². The van der Waals surface area contributed by atoms with E-state index in [2.05, 4.69) is 20.9 Å². The molecule has 1 aromatic heterocycles. The third-order valence-corrected chi connectivity index (χ3v) is 2.19. The summed E-state index contributed by atoms with van der Waals surface area (Å²) in [6, 6.07) is 1.88. The lowest BCUT2D eigenvalue weighted by Gasteiger charge is -2.10. The highest BCUT2D eigenvalue weighted by Crippen LogP contribution is 2.16. The average Bonchev–Trinajstić information content (AvgIpc) is 2.03. The molecular weight excluding hydrogens is 232 g/mol. The van der Waals surface area contributed by atoms with E-state index in [9.17, 15) is 4.79 Å². The summed E-state index contributed by atoms with van der Waals surface area (Å²) in [5.41, 5.74) is 1.48. The van der Waals surface area contributed by atoms with Crippen molar-refractivity contribution in [3.63, 3.8) is 0 Å². The van der Waals surface area contributed by atoms with E-state index < -0.39 is 0 Å². The molecule has 0 N–H and O–H groups in total. The Morgan fingerprint density at radius 3 is 2.62 bits per heavy atom. The van der Waals surface area contributed by atoms with Gasteiger partial charge in [0, 0.05) is 24.8 Å². The third-order valence-electron chi connectivity index (χ3n) is 1.59. The van der Waals surface area contributed by atoms with Gasteiger partial charge in [-0.25, -0.2) is 4.98 Å². The van der Waals surface area contributed by atoms with Crippen molar-refractivity contribution in [2.24, 2.45) is 0 Å². The van der Waals surface area contributed by atoms with E-state index in [0.717, 1.165) is 10.0 Å². The molecule has 1 heterocycles. The standard InChI is InChI=1S/C9H11BrN2O/c1-6-4-7(10)8(11-5-6)9(13)12(2)3/h4-5H,1-3H3. The first kappa shape index (κ1) is 10.2. The quantitative estimate of drug-likeness (QED) is 0.754. The van der Waals surface area contributed by atoms with Crippen LogP contribution in [0, 0.1) is 6.92 Å². The smallest absolute Gasteiger partial charge is 0.273 e. The molecule has 0 unspecified atom stereocenters. The predicted molar refractivity (Wildman–Crippen MR) is 54.7 cm³/mol. The van der Waals surface area contributed by atoms with Gasteiger partial charge in [-0.05, 0) is 34.5 Å². The van der Waals surface area contributed by atoms with E-state index >= 15 is 0 Å². The van der Waals surface area contributed by atoms with Crippen LogP contribution in [-0.2, 0) is 0 Å². The van der Waals surface area contributed by atoms with Gasteiger partial charge in [-0.1, -0.05) is 0 Å². The van der Waals surface area contributed by atoms with Crippen LogP contribution in [0.4, 0.5) is 0 Å². The highest BCUT2D eigenvalue weighted by atomic mass is 79.9. The van der Waals surface area contributed by atoms with Crippen molar-refractivity contribution in [3.05, 3.63) is 28.0 Å². The Morgan fingerprint density at radius 1 is 1.54 bits per heavy atom. The van der Waals surface area contributed by atoms with Gasteiger partial charge < -0.3 is 4.90 Å². The van der Waals surface area contributed by atoms with Crippen LogP contribution in [0.5, 0.6) is 0 Å². The summed E-state index contributed by atoms with van der Waals surface area (Å²) < 4.78 is 0.742. The monoisotopic (exact) mass is 242 g/mol. The third kappa shape index (κ3) is 2.28. The number of carbonyl (C=O) groups is 1. The second kappa shape index (κ2) is 3.87. The molecule has 1 amide bonds. The number of nitrogens with zero attached hydrogens (tertiary/aromatic N) is 2. The van der Waals surface area contributed by atoms with Gasteiger partial charge in [0.1, 0.15) is 5.69 Å². The lowest BCUT2D eigenvalue weighted by atomic mass is 10.2. The summed E-state index contributed by atoms with van der Waals surface area (Å²) in [6.07, 6.45) is 1.68. The van der Waals surface area contributed by atoms with Crippen molar-refractivity contribution in [1.29, 1.82) is 0 Å². The molecular formula is C9H11BrN2O. The van der Waals surface area contributed by atoms with Crippen molar-refractivity contribution in [2.75, 3.05) is 14.1 Å². The Bertz CT molecular complexity index is 336. The first-order valence-corrected chi connectivity index (χ1v) is 4.65. The summed E-state index contributed by atoms with van der Waals surface area (Å²) in [5.74, 6) is -0.0909. The van der Waals surface area contributed by atoms with Crippen LogP contribution in [0.25, 0.3) is 0 Å². The topological polar surface area (TPSA) is 33.2 Å². The van der Waals surface area contributed by atoms with E-state index in [0.29, 0.717) is 5.69 Å². The fourth-order valence-corrected chi connectivity index (χ4v) is 1.54. The Labute approximate surface area is 85.9 Å². The van der Waals surface area contributed by atoms with Crippen LogP contribution in [0.1, 0.15) is 16.1 Å². The first-order valence-electron chi connectivity index (χ1n) is 3.86. The zero-order valence-corrected chi connectivity index (χ0v) is 9.42. The maximum Gasteiger partial charge on any atom is 0.273 e. The number of aromatic nitrogens is 1. The molecule has 0 aliphatic rings. The van der Waals surface area contributed by atoms with Crippen molar-refractivity contribution in [3.8, 4) is 0 Å². The van der Waals surface area contributed by atoms with Gasteiger partial charge in [-0.2, -0.15) is 0 Å². The summed E-state index contributed by atoms with van der Waals surface area (Å²) in [5, 5.41) is 0. The molecule has 0 bridgehead atoms. The van der Waals surface area contributed by atoms with Crippen molar-refractivity contribution < 1.29 is 4.79 Å². The van der Waals surface area contributed by atoms with E-state index in [-0.39, 0.29) is 5.91 Å². The fourth-order valence-electron chi connectivity index (χ4n) is 0.903. The Balaban J connectivity index is 3.09. The zero-order valence-electron chi connectivity index (χ0n) is 7.84. The highest BCUT2D eigenvalue weighted by Gasteiger charge is 2.12. The van der Waals surface area contributed by atoms with Crippen LogP contribution in [0.2, 0.25) is 0 Å². The average molecular weight is 243 g/mol. The van der Waals surface area contributed by atoms with Gasteiger partial charge >= 0.3 is 0 Å². The molecule has 1 rings (SSSR count). The molecule has 0 radical (unpaired) electrons. The molecule has 70 valence electrons. The van der Waals surface area contributed by atoms with Gasteiger partial charge in [-0.3, -0.25) is 4.79 Å². The van der Waals surface area contributed by atoms with Crippen LogP contribution in [0.3, 0.4) is 0 Å². The molecule has 4 heteroatoms.